The molecular weight excluding hydrogens is 307 g/mol. The first-order chi connectivity index (χ1) is 7.79. The zero-order chi connectivity index (χ0) is 12.8. The van der Waals surface area contributed by atoms with E-state index in [1.54, 1.807) is 0 Å². The quantitative estimate of drug-likeness (QED) is 0.812. The van der Waals surface area contributed by atoms with Crippen LogP contribution >= 0.6 is 15.9 Å². The Labute approximate surface area is 99.2 Å². The Morgan fingerprint density at radius 2 is 1.88 bits per heavy atom. The summed E-state index contributed by atoms with van der Waals surface area (Å²) in [5, 5.41) is -0.341. The van der Waals surface area contributed by atoms with Crippen LogP contribution in [0.3, 0.4) is 0 Å². The maximum absolute atomic E-state index is 12.5. The molecule has 0 amide bonds. The number of hydrogen-bond donors (Lipinski definition) is 1. The molecule has 0 fully saturated rings. The van der Waals surface area contributed by atoms with Crippen molar-refractivity contribution in [1.29, 1.82) is 0 Å². The highest BCUT2D eigenvalue weighted by Gasteiger charge is 2.31. The van der Waals surface area contributed by atoms with Crippen molar-refractivity contribution < 1.29 is 17.6 Å². The second-order valence-corrected chi connectivity index (χ2v) is 4.03. The van der Waals surface area contributed by atoms with Crippen molar-refractivity contribution in [3.8, 4) is 0 Å². The Hall–Kier alpha value is -1.57. The summed E-state index contributed by atoms with van der Waals surface area (Å²) in [5.41, 5.74) is -2.15. The molecule has 0 bridgehead atoms. The van der Waals surface area contributed by atoms with Crippen LogP contribution in [0.1, 0.15) is 5.56 Å². The molecule has 1 aromatic heterocycles. The number of benzene rings is 1. The summed E-state index contributed by atoms with van der Waals surface area (Å²) in [6.45, 7) is 0. The van der Waals surface area contributed by atoms with Crippen molar-refractivity contribution in [1.82, 2.24) is 4.98 Å². The molecule has 0 saturated heterocycles. The van der Waals surface area contributed by atoms with E-state index < -0.39 is 23.1 Å². The van der Waals surface area contributed by atoms with Crippen LogP contribution in [0.4, 0.5) is 13.2 Å². The van der Waals surface area contributed by atoms with Crippen molar-refractivity contribution in [2.45, 2.75) is 6.18 Å². The van der Waals surface area contributed by atoms with E-state index in [1.165, 1.54) is 0 Å². The molecule has 0 aliphatic carbocycles. The standard InChI is InChI=1S/C9H3BrF3NO3/c10-5-2-3(9(11,12)13)1-4-6(5)14-8(16)17-7(4)15/h1-2H,(H,14,16). The third-order valence-electron chi connectivity index (χ3n) is 2.05. The largest absolute Gasteiger partial charge is 0.419 e. The van der Waals surface area contributed by atoms with E-state index in [2.05, 4.69) is 25.3 Å². The van der Waals surface area contributed by atoms with Gasteiger partial charge in [-0.25, -0.2) is 9.59 Å². The molecule has 1 aromatic carbocycles. The molecule has 2 aromatic rings. The van der Waals surface area contributed by atoms with Gasteiger partial charge in [-0.1, -0.05) is 0 Å². The Morgan fingerprint density at radius 1 is 1.24 bits per heavy atom. The Kier molecular flexibility index (Phi) is 2.61. The highest BCUT2D eigenvalue weighted by molar-refractivity contribution is 9.10. The summed E-state index contributed by atoms with van der Waals surface area (Å²) in [4.78, 5) is 24.3. The maximum atomic E-state index is 12.5. The molecule has 1 heterocycles. The average molecular weight is 310 g/mol. The lowest BCUT2D eigenvalue weighted by atomic mass is 10.1. The van der Waals surface area contributed by atoms with Crippen molar-refractivity contribution in [2.24, 2.45) is 0 Å². The molecule has 0 unspecified atom stereocenters. The number of fused-ring (bicyclic) bond motifs is 1. The van der Waals surface area contributed by atoms with Gasteiger partial charge in [-0.3, -0.25) is 4.98 Å². The SMILES string of the molecule is O=c1[nH]c2c(Br)cc(C(F)(F)F)cc2c(=O)o1. The predicted molar refractivity (Wildman–Crippen MR) is 55.8 cm³/mol. The van der Waals surface area contributed by atoms with Crippen LogP contribution in [0.15, 0.2) is 30.6 Å². The Morgan fingerprint density at radius 3 is 2.47 bits per heavy atom. The zero-order valence-corrected chi connectivity index (χ0v) is 9.48. The first-order valence-corrected chi connectivity index (χ1v) is 5.02. The van der Waals surface area contributed by atoms with E-state index in [9.17, 15) is 22.8 Å². The molecule has 90 valence electrons. The number of alkyl halides is 3. The minimum atomic E-state index is -4.58. The number of nitrogens with one attached hydrogen (secondary N) is 1. The van der Waals surface area contributed by atoms with Crippen LogP contribution in [0, 0.1) is 0 Å². The van der Waals surface area contributed by atoms with Crippen molar-refractivity contribution in [3.05, 3.63) is 43.1 Å². The second kappa shape index (κ2) is 3.73. The van der Waals surface area contributed by atoms with Gasteiger partial charge in [0.2, 0.25) is 0 Å². The monoisotopic (exact) mass is 309 g/mol. The molecule has 1 N–H and O–H groups in total. The minimum Gasteiger partial charge on any atom is -0.372 e. The number of H-pyrrole nitrogens is 1. The van der Waals surface area contributed by atoms with Crippen LogP contribution in [0.25, 0.3) is 10.9 Å². The van der Waals surface area contributed by atoms with Crippen molar-refractivity contribution in [2.75, 3.05) is 0 Å². The molecule has 17 heavy (non-hydrogen) atoms. The molecular formula is C9H3BrF3NO3. The van der Waals surface area contributed by atoms with E-state index in [4.69, 9.17) is 0 Å². The molecule has 0 saturated carbocycles. The first-order valence-electron chi connectivity index (χ1n) is 4.23. The molecule has 0 radical (unpaired) electrons. The summed E-state index contributed by atoms with van der Waals surface area (Å²) < 4.78 is 41.6. The normalized spacial score (nSPS) is 12.0. The Bertz CT molecular complexity index is 701. The van der Waals surface area contributed by atoms with E-state index in [0.717, 1.165) is 6.07 Å². The van der Waals surface area contributed by atoms with Crippen LogP contribution in [0.2, 0.25) is 0 Å². The van der Waals surface area contributed by atoms with Crippen molar-refractivity contribution in [3.63, 3.8) is 0 Å². The molecule has 0 aliphatic rings. The summed E-state index contributed by atoms with van der Waals surface area (Å²) in [6, 6.07) is 1.40. The number of halogens is 4. The van der Waals surface area contributed by atoms with Gasteiger partial charge in [0.1, 0.15) is 0 Å². The fraction of sp³-hybridized carbons (Fsp3) is 0.111. The number of hydrogen-bond acceptors (Lipinski definition) is 3. The van der Waals surface area contributed by atoms with Gasteiger partial charge in [0.15, 0.2) is 0 Å². The third-order valence-corrected chi connectivity index (χ3v) is 2.68. The van der Waals surface area contributed by atoms with Crippen molar-refractivity contribution >= 4 is 26.8 Å². The smallest absolute Gasteiger partial charge is 0.372 e. The molecule has 0 spiro atoms. The third kappa shape index (κ3) is 2.12. The van der Waals surface area contributed by atoms with Gasteiger partial charge >= 0.3 is 17.6 Å². The highest BCUT2D eigenvalue weighted by Crippen LogP contribution is 2.33. The molecule has 0 atom stereocenters. The van der Waals surface area contributed by atoms with Crippen LogP contribution < -0.4 is 11.4 Å². The average Bonchev–Trinajstić information content (AvgIpc) is 2.17. The van der Waals surface area contributed by atoms with Gasteiger partial charge < -0.3 is 4.42 Å². The number of aromatic amines is 1. The summed E-state index contributed by atoms with van der Waals surface area (Å²) in [7, 11) is 0. The van der Waals surface area contributed by atoms with Crippen LogP contribution in [0.5, 0.6) is 0 Å². The van der Waals surface area contributed by atoms with E-state index >= 15 is 0 Å². The van der Waals surface area contributed by atoms with Gasteiger partial charge in [0, 0.05) is 4.47 Å². The highest BCUT2D eigenvalue weighted by atomic mass is 79.9. The van der Waals surface area contributed by atoms with Gasteiger partial charge in [0.05, 0.1) is 16.5 Å². The topological polar surface area (TPSA) is 63.1 Å². The summed E-state index contributed by atoms with van der Waals surface area (Å²) >= 11 is 2.86. The van der Waals surface area contributed by atoms with Gasteiger partial charge in [-0.15, -0.1) is 0 Å². The molecule has 0 aliphatic heterocycles. The lowest BCUT2D eigenvalue weighted by Crippen LogP contribution is -2.16. The predicted octanol–water partition coefficient (Wildman–Crippen LogP) is 2.26. The first kappa shape index (κ1) is 11.9. The zero-order valence-electron chi connectivity index (χ0n) is 7.89. The second-order valence-electron chi connectivity index (χ2n) is 3.18. The maximum Gasteiger partial charge on any atom is 0.419 e. The van der Waals surface area contributed by atoms with Gasteiger partial charge in [0.25, 0.3) is 0 Å². The summed E-state index contributed by atoms with van der Waals surface area (Å²) in [5.74, 6) is -1.03. The number of rotatable bonds is 0. The van der Waals surface area contributed by atoms with Crippen LogP contribution in [-0.2, 0) is 6.18 Å². The Balaban J connectivity index is 2.92. The molecule has 2 rings (SSSR count). The summed E-state index contributed by atoms with van der Waals surface area (Å²) in [6.07, 6.45) is -4.58. The van der Waals surface area contributed by atoms with E-state index in [-0.39, 0.29) is 15.4 Å². The van der Waals surface area contributed by atoms with E-state index in [0.29, 0.717) is 6.07 Å². The van der Waals surface area contributed by atoms with Gasteiger partial charge in [-0.05, 0) is 28.1 Å². The molecule has 8 heteroatoms. The fourth-order valence-corrected chi connectivity index (χ4v) is 1.88. The number of aromatic nitrogens is 1. The fourth-order valence-electron chi connectivity index (χ4n) is 1.33. The lowest BCUT2D eigenvalue weighted by molar-refractivity contribution is -0.137. The van der Waals surface area contributed by atoms with E-state index in [1.807, 2.05) is 0 Å². The van der Waals surface area contributed by atoms with Gasteiger partial charge in [-0.2, -0.15) is 13.2 Å². The molecule has 4 nitrogen and oxygen atoms in total. The van der Waals surface area contributed by atoms with Crippen LogP contribution in [-0.4, -0.2) is 4.98 Å². The lowest BCUT2D eigenvalue weighted by Gasteiger charge is -2.08. The minimum absolute atomic E-state index is 0.0285.